The van der Waals surface area contributed by atoms with Crippen LogP contribution in [0.4, 0.5) is 0 Å². The van der Waals surface area contributed by atoms with Gasteiger partial charge >= 0.3 is 141 Å². The molecule has 0 aliphatic heterocycles. The van der Waals surface area contributed by atoms with Gasteiger partial charge in [0.1, 0.15) is 0 Å². The molecule has 0 atom stereocenters. The fourth-order valence-corrected chi connectivity index (χ4v) is 5.68. The summed E-state index contributed by atoms with van der Waals surface area (Å²) in [7, 11) is -3.57. The van der Waals surface area contributed by atoms with Crippen molar-refractivity contribution in [3.63, 3.8) is 0 Å². The van der Waals surface area contributed by atoms with Gasteiger partial charge in [0.05, 0.1) is 0 Å². The molecule has 7 heteroatoms. The van der Waals surface area contributed by atoms with Gasteiger partial charge < -0.3 is 0 Å². The summed E-state index contributed by atoms with van der Waals surface area (Å²) in [5.74, 6) is 0.741. The topological polar surface area (TPSA) is 69.2 Å². The molecule has 1 aromatic heterocycles. The molecule has 0 saturated heterocycles. The Morgan fingerprint density at radius 2 is 1.74 bits per heavy atom. The van der Waals surface area contributed by atoms with E-state index in [9.17, 15) is 8.42 Å². The second-order valence-corrected chi connectivity index (χ2v) is 8.73. The molecule has 3 rings (SSSR count). The Balaban J connectivity index is 2.03. The van der Waals surface area contributed by atoms with Gasteiger partial charge in [0, 0.05) is 0 Å². The molecule has 1 heterocycles. The number of ether oxygens (including phenoxy) is 1. The summed E-state index contributed by atoms with van der Waals surface area (Å²) >= 11 is -0.539. The van der Waals surface area contributed by atoms with E-state index in [-0.39, 0.29) is 4.90 Å². The monoisotopic (exact) mass is 394 g/mol. The first kappa shape index (κ1) is 15.9. The molecule has 23 heavy (non-hydrogen) atoms. The normalized spacial score (nSPS) is 11.3. The van der Waals surface area contributed by atoms with E-state index in [1.165, 1.54) is 0 Å². The zero-order valence-electron chi connectivity index (χ0n) is 12.3. The Hall–Kier alpha value is -1.95. The third-order valence-electron chi connectivity index (χ3n) is 3.19. The van der Waals surface area contributed by atoms with Crippen molar-refractivity contribution in [3.05, 3.63) is 54.6 Å². The van der Waals surface area contributed by atoms with Gasteiger partial charge in [0.25, 0.3) is 0 Å². The van der Waals surface area contributed by atoms with Crippen LogP contribution in [-0.4, -0.2) is 39.0 Å². The third kappa shape index (κ3) is 3.22. The van der Waals surface area contributed by atoms with Crippen molar-refractivity contribution in [1.29, 1.82) is 0 Å². The molecular weight excluding hydrogens is 379 g/mol. The number of sulfone groups is 1. The molecule has 0 unspecified atom stereocenters. The van der Waals surface area contributed by atoms with Crippen molar-refractivity contribution in [2.45, 2.75) is 15.6 Å². The summed E-state index contributed by atoms with van der Waals surface area (Å²) in [5.41, 5.74) is 1.16. The quantitative estimate of drug-likeness (QED) is 0.623. The molecule has 0 N–H and O–H groups in total. The average Bonchev–Trinajstić information content (AvgIpc) is 3.07. The third-order valence-corrected chi connectivity index (χ3v) is 7.63. The van der Waals surface area contributed by atoms with Crippen LogP contribution in [0.5, 0.6) is 5.75 Å². The predicted octanol–water partition coefficient (Wildman–Crippen LogP) is 2.43. The van der Waals surface area contributed by atoms with Crippen LogP contribution in [0.2, 0.25) is 0 Å². The maximum atomic E-state index is 12.8. The zero-order chi connectivity index (χ0) is 16.3. The van der Waals surface area contributed by atoms with Gasteiger partial charge in [-0.15, -0.1) is 0 Å². The summed E-state index contributed by atoms with van der Waals surface area (Å²) in [6.07, 6.45) is 0. The Morgan fingerprint density at radius 3 is 2.39 bits per heavy atom. The van der Waals surface area contributed by atoms with E-state index in [0.717, 1.165) is 11.3 Å². The summed E-state index contributed by atoms with van der Waals surface area (Å²) in [4.78, 5) is 0.271. The van der Waals surface area contributed by atoms with Crippen molar-refractivity contribution in [2.24, 2.45) is 0 Å². The van der Waals surface area contributed by atoms with Gasteiger partial charge in [-0.3, -0.25) is 0 Å². The molecule has 0 aliphatic carbocycles. The van der Waals surface area contributed by atoms with Crippen LogP contribution in [0, 0.1) is 0 Å². The second-order valence-electron chi connectivity index (χ2n) is 4.68. The average molecular weight is 393 g/mol. The van der Waals surface area contributed by atoms with Crippen molar-refractivity contribution in [1.82, 2.24) is 9.19 Å². The molecule has 2 aromatic carbocycles. The van der Waals surface area contributed by atoms with Crippen molar-refractivity contribution >= 4 is 24.6 Å². The Kier molecular flexibility index (Phi) is 4.61. The van der Waals surface area contributed by atoms with Gasteiger partial charge in [0.15, 0.2) is 0 Å². The molecule has 0 radical (unpaired) electrons. The van der Waals surface area contributed by atoms with Gasteiger partial charge in [-0.25, -0.2) is 0 Å². The van der Waals surface area contributed by atoms with E-state index in [0.29, 0.717) is 16.1 Å². The fourth-order valence-electron chi connectivity index (χ4n) is 2.12. The minimum atomic E-state index is -3.57. The van der Waals surface area contributed by atoms with Crippen LogP contribution < -0.4 is 4.74 Å². The molecule has 0 aliphatic rings. The molecule has 0 amide bonds. The van der Waals surface area contributed by atoms with Gasteiger partial charge in [-0.2, -0.15) is 0 Å². The summed E-state index contributed by atoms with van der Waals surface area (Å²) in [6.45, 7) is 2.49. The first-order valence-electron chi connectivity index (χ1n) is 6.98. The van der Waals surface area contributed by atoms with Crippen LogP contribution in [0.25, 0.3) is 11.3 Å². The summed E-state index contributed by atoms with van der Waals surface area (Å²) < 4.78 is 35.3. The number of nitrogens with zero attached hydrogens (tertiary/aromatic N) is 2. The summed E-state index contributed by atoms with van der Waals surface area (Å²) in [6, 6.07) is 15.6. The van der Waals surface area contributed by atoms with E-state index in [4.69, 9.17) is 4.74 Å². The van der Waals surface area contributed by atoms with E-state index >= 15 is 0 Å². The van der Waals surface area contributed by atoms with E-state index in [2.05, 4.69) is 9.19 Å². The Bertz CT molecular complexity index is 891. The first-order chi connectivity index (χ1) is 11.1. The van der Waals surface area contributed by atoms with Crippen LogP contribution in [0.15, 0.2) is 63.3 Å². The molecule has 3 aromatic rings. The van der Waals surface area contributed by atoms with E-state index in [1.54, 1.807) is 54.6 Å². The molecule has 118 valence electrons. The Labute approximate surface area is 140 Å². The number of hydrogen-bond donors (Lipinski definition) is 0. The SMILES string of the molecule is CCOc1ccc(-c2nn[se]c2S(=O)(=O)c2ccccc2)cc1. The van der Waals surface area contributed by atoms with Crippen LogP contribution in [0.1, 0.15) is 6.92 Å². The minimum absolute atomic E-state index is 0.271. The molecule has 0 saturated carbocycles. The molecule has 5 nitrogen and oxygen atoms in total. The molecule has 0 bridgehead atoms. The summed E-state index contributed by atoms with van der Waals surface area (Å²) in [5, 5.41) is 4.07. The Morgan fingerprint density at radius 1 is 1.04 bits per heavy atom. The molecule has 0 spiro atoms. The zero-order valence-corrected chi connectivity index (χ0v) is 14.9. The standard InChI is InChI=1S/C16H14N2O3SSe/c1-2-21-13-10-8-12(9-11-13)15-16(23-18-17-15)22(19,20)14-6-4-3-5-7-14/h3-11H,2H2,1H3. The van der Waals surface area contributed by atoms with Crippen LogP contribution in [0.3, 0.4) is 0 Å². The second kappa shape index (κ2) is 6.66. The first-order valence-corrected chi connectivity index (χ1v) is 10.1. The number of benzene rings is 2. The van der Waals surface area contributed by atoms with E-state index < -0.39 is 24.6 Å². The van der Waals surface area contributed by atoms with Gasteiger partial charge in [-0.1, -0.05) is 0 Å². The van der Waals surface area contributed by atoms with Crippen molar-refractivity contribution < 1.29 is 13.2 Å². The van der Waals surface area contributed by atoms with Gasteiger partial charge in [-0.05, 0) is 0 Å². The van der Waals surface area contributed by atoms with Crippen molar-refractivity contribution in [3.8, 4) is 17.0 Å². The van der Waals surface area contributed by atoms with Gasteiger partial charge in [0.2, 0.25) is 0 Å². The molecular formula is C16H14N2O3SSe. The molecule has 0 fully saturated rings. The van der Waals surface area contributed by atoms with E-state index in [1.807, 2.05) is 6.92 Å². The van der Waals surface area contributed by atoms with Crippen LogP contribution in [-0.2, 0) is 9.84 Å². The number of hydrogen-bond acceptors (Lipinski definition) is 5. The number of aromatic nitrogens is 2. The predicted molar refractivity (Wildman–Crippen MR) is 87.5 cm³/mol. The van der Waals surface area contributed by atoms with Crippen LogP contribution >= 0.6 is 0 Å². The number of rotatable bonds is 5. The fraction of sp³-hybridized carbons (Fsp3) is 0.125. The van der Waals surface area contributed by atoms with Crippen molar-refractivity contribution in [2.75, 3.05) is 6.61 Å². The maximum absolute atomic E-state index is 12.8.